The van der Waals surface area contributed by atoms with Gasteiger partial charge in [-0.1, -0.05) is 47.6 Å². The first-order valence-corrected chi connectivity index (χ1v) is 14.2. The number of H-pyrrole nitrogens is 1. The Kier molecular flexibility index (Phi) is 8.60. The fourth-order valence-corrected chi connectivity index (χ4v) is 5.49. The molecule has 10 nitrogen and oxygen atoms in total. The summed E-state index contributed by atoms with van der Waals surface area (Å²) in [5.74, 6) is -0.286. The summed E-state index contributed by atoms with van der Waals surface area (Å²) >= 11 is 7.29. The van der Waals surface area contributed by atoms with E-state index in [9.17, 15) is 19.5 Å². The van der Waals surface area contributed by atoms with Crippen molar-refractivity contribution in [2.24, 2.45) is 7.05 Å². The van der Waals surface area contributed by atoms with E-state index in [1.807, 2.05) is 23.1 Å². The molecule has 2 unspecified atom stereocenters. The monoisotopic (exact) mass is 593 g/mol. The number of hydrogen-bond donors (Lipinski definition) is 3. The zero-order valence-electron chi connectivity index (χ0n) is 22.3. The molecular weight excluding hydrogens is 566 g/mol. The number of aromatic nitrogens is 3. The van der Waals surface area contributed by atoms with Crippen LogP contribution < -0.4 is 16.3 Å². The summed E-state index contributed by atoms with van der Waals surface area (Å²) < 4.78 is 6.95. The fourth-order valence-electron chi connectivity index (χ4n) is 4.58. The summed E-state index contributed by atoms with van der Waals surface area (Å²) in [7, 11) is 3.48. The number of benzene rings is 2. The van der Waals surface area contributed by atoms with Crippen LogP contribution in [0.5, 0.6) is 0 Å². The number of nitrogens with zero attached hydrogens (tertiary/aromatic N) is 3. The van der Waals surface area contributed by atoms with E-state index >= 15 is 0 Å². The minimum Gasteiger partial charge on any atom is -0.448 e. The SMILES string of the molecule is CN(CC(O)CSc1nc2ccccc2c(=O)[nH]1)C(Cc1ccc(Cl)cc1)NC(=O)c1cn(C)c2occc2c1=O. The lowest BCUT2D eigenvalue weighted by atomic mass is 10.1. The van der Waals surface area contributed by atoms with Crippen molar-refractivity contribution in [1.29, 1.82) is 0 Å². The number of hydrogen-bond acceptors (Lipinski definition) is 8. The maximum absolute atomic E-state index is 13.4. The molecule has 2 atom stereocenters. The van der Waals surface area contributed by atoms with Crippen molar-refractivity contribution in [3.63, 3.8) is 0 Å². The van der Waals surface area contributed by atoms with Crippen LogP contribution in [0.15, 0.2) is 86.2 Å². The highest BCUT2D eigenvalue weighted by molar-refractivity contribution is 7.99. The number of halogens is 1. The Morgan fingerprint density at radius 1 is 1.17 bits per heavy atom. The Labute approximate surface area is 244 Å². The number of thioether (sulfide) groups is 1. The fraction of sp³-hybridized carbons (Fsp3) is 0.241. The Hall–Kier alpha value is -3.90. The van der Waals surface area contributed by atoms with E-state index in [0.717, 1.165) is 5.56 Å². The number of carbonyl (C=O) groups excluding carboxylic acids is 1. The lowest BCUT2D eigenvalue weighted by Crippen LogP contribution is -2.51. The third kappa shape index (κ3) is 6.54. The number of pyridine rings is 1. The Balaban J connectivity index is 1.31. The van der Waals surface area contributed by atoms with Gasteiger partial charge in [-0.25, -0.2) is 4.98 Å². The topological polar surface area (TPSA) is 133 Å². The normalized spacial score (nSPS) is 13.1. The van der Waals surface area contributed by atoms with Crippen LogP contribution in [0, 0.1) is 0 Å². The van der Waals surface area contributed by atoms with Gasteiger partial charge in [0, 0.05) is 37.0 Å². The number of aliphatic hydroxyl groups is 1. The molecule has 0 saturated heterocycles. The van der Waals surface area contributed by atoms with E-state index in [-0.39, 0.29) is 23.4 Å². The van der Waals surface area contributed by atoms with Crippen molar-refractivity contribution >= 4 is 51.3 Å². The van der Waals surface area contributed by atoms with Gasteiger partial charge in [-0.2, -0.15) is 0 Å². The van der Waals surface area contributed by atoms with Gasteiger partial charge in [0.2, 0.25) is 11.1 Å². The molecule has 0 radical (unpaired) electrons. The highest BCUT2D eigenvalue weighted by atomic mass is 35.5. The number of likely N-dealkylation sites (N-methyl/N-ethyl adjacent to an activating group) is 1. The average molecular weight is 594 g/mol. The highest BCUT2D eigenvalue weighted by Crippen LogP contribution is 2.18. The van der Waals surface area contributed by atoms with Crippen LogP contribution >= 0.6 is 23.4 Å². The van der Waals surface area contributed by atoms with Crippen LogP contribution in [0.3, 0.4) is 0 Å². The maximum atomic E-state index is 13.4. The second-order valence-corrected chi connectivity index (χ2v) is 11.2. The lowest BCUT2D eigenvalue weighted by molar-refractivity contribution is 0.0787. The molecule has 41 heavy (non-hydrogen) atoms. The molecule has 0 saturated carbocycles. The number of aryl methyl sites for hydroxylation is 1. The minimum absolute atomic E-state index is 0.0154. The molecule has 0 spiro atoms. The molecule has 3 aromatic heterocycles. The van der Waals surface area contributed by atoms with E-state index in [4.69, 9.17) is 16.0 Å². The number of fused-ring (bicyclic) bond motifs is 2. The molecule has 0 bridgehead atoms. The quantitative estimate of drug-likeness (QED) is 0.127. The number of rotatable bonds is 10. The minimum atomic E-state index is -0.818. The van der Waals surface area contributed by atoms with Gasteiger partial charge < -0.3 is 24.4 Å². The number of carbonyl (C=O) groups is 1. The standard InChI is InChI=1S/C29H28ClN5O5S/c1-34(14-19(36)16-41-29-31-23-6-4-3-5-20(23)26(38)33-29)24(13-17-7-9-18(30)10-8-17)32-27(39)22-15-35(2)28-21(25(22)37)11-12-40-28/h3-12,15,19,24,36H,13-14,16H2,1-2H3,(H,32,39)(H,31,33,38). The van der Waals surface area contributed by atoms with E-state index < -0.39 is 23.6 Å². The van der Waals surface area contributed by atoms with E-state index in [1.165, 1.54) is 30.3 Å². The molecule has 0 aliphatic rings. The third-order valence-electron chi connectivity index (χ3n) is 6.70. The first-order valence-electron chi connectivity index (χ1n) is 12.8. The summed E-state index contributed by atoms with van der Waals surface area (Å²) in [6, 6.07) is 15.8. The second kappa shape index (κ2) is 12.3. The second-order valence-electron chi connectivity index (χ2n) is 9.73. The molecule has 212 valence electrons. The zero-order chi connectivity index (χ0) is 29.1. The molecule has 1 amide bonds. The number of aromatic amines is 1. The maximum Gasteiger partial charge on any atom is 0.259 e. The molecule has 0 aliphatic carbocycles. The zero-order valence-corrected chi connectivity index (χ0v) is 23.9. The summed E-state index contributed by atoms with van der Waals surface area (Å²) in [5, 5.41) is 15.6. The van der Waals surface area contributed by atoms with Crippen LogP contribution in [-0.4, -0.2) is 62.1 Å². The first kappa shape index (κ1) is 28.6. The Bertz CT molecular complexity index is 1820. The molecule has 5 rings (SSSR count). The number of aliphatic hydroxyl groups excluding tert-OH is 1. The Morgan fingerprint density at radius 3 is 2.71 bits per heavy atom. The van der Waals surface area contributed by atoms with Gasteiger partial charge in [-0.15, -0.1) is 0 Å². The number of amides is 1. The van der Waals surface area contributed by atoms with Gasteiger partial charge in [-0.3, -0.25) is 19.3 Å². The molecule has 5 aromatic rings. The lowest BCUT2D eigenvalue weighted by Gasteiger charge is -2.30. The molecular formula is C29H28ClN5O5S. The van der Waals surface area contributed by atoms with Crippen LogP contribution in [0.1, 0.15) is 15.9 Å². The van der Waals surface area contributed by atoms with Crippen LogP contribution in [0.25, 0.3) is 22.0 Å². The van der Waals surface area contributed by atoms with Gasteiger partial charge in [0.15, 0.2) is 5.16 Å². The van der Waals surface area contributed by atoms with Crippen molar-refractivity contribution in [2.75, 3.05) is 19.3 Å². The molecule has 2 aromatic carbocycles. The van der Waals surface area contributed by atoms with Gasteiger partial charge in [0.1, 0.15) is 5.56 Å². The third-order valence-corrected chi connectivity index (χ3v) is 7.97. The Morgan fingerprint density at radius 2 is 1.93 bits per heavy atom. The largest absolute Gasteiger partial charge is 0.448 e. The first-order chi connectivity index (χ1) is 19.7. The highest BCUT2D eigenvalue weighted by Gasteiger charge is 2.24. The number of para-hydroxylation sites is 1. The summed E-state index contributed by atoms with van der Waals surface area (Å²) in [5.41, 5.74) is 1.19. The molecule has 0 aliphatic heterocycles. The molecule has 3 heterocycles. The van der Waals surface area contributed by atoms with Crippen LogP contribution in [0.2, 0.25) is 5.02 Å². The molecule has 3 N–H and O–H groups in total. The summed E-state index contributed by atoms with van der Waals surface area (Å²) in [6.45, 7) is 0.197. The number of nitrogens with one attached hydrogen (secondary N) is 2. The van der Waals surface area contributed by atoms with Crippen molar-refractivity contribution in [3.8, 4) is 0 Å². The number of furan rings is 1. The van der Waals surface area contributed by atoms with Crippen molar-refractivity contribution in [2.45, 2.75) is 23.8 Å². The molecule has 12 heteroatoms. The van der Waals surface area contributed by atoms with E-state index in [2.05, 4.69) is 15.3 Å². The van der Waals surface area contributed by atoms with Crippen molar-refractivity contribution in [1.82, 2.24) is 24.8 Å². The predicted molar refractivity (Wildman–Crippen MR) is 160 cm³/mol. The van der Waals surface area contributed by atoms with E-state index in [0.29, 0.717) is 38.6 Å². The average Bonchev–Trinajstić information content (AvgIpc) is 3.46. The smallest absolute Gasteiger partial charge is 0.259 e. The summed E-state index contributed by atoms with van der Waals surface area (Å²) in [6.07, 6.45) is 1.87. The predicted octanol–water partition coefficient (Wildman–Crippen LogP) is 3.41. The van der Waals surface area contributed by atoms with Crippen LogP contribution in [0.4, 0.5) is 0 Å². The summed E-state index contributed by atoms with van der Waals surface area (Å²) in [4.78, 5) is 47.8. The van der Waals surface area contributed by atoms with Gasteiger partial charge in [-0.05, 0) is 42.9 Å². The van der Waals surface area contributed by atoms with Gasteiger partial charge >= 0.3 is 0 Å². The van der Waals surface area contributed by atoms with Crippen molar-refractivity contribution < 1.29 is 14.3 Å². The van der Waals surface area contributed by atoms with Crippen molar-refractivity contribution in [3.05, 3.63) is 104 Å². The van der Waals surface area contributed by atoms with Gasteiger partial charge in [0.25, 0.3) is 11.5 Å². The van der Waals surface area contributed by atoms with Crippen LogP contribution in [-0.2, 0) is 13.5 Å². The molecule has 0 fully saturated rings. The van der Waals surface area contributed by atoms with E-state index in [1.54, 1.807) is 49.0 Å². The van der Waals surface area contributed by atoms with Gasteiger partial charge in [0.05, 0.1) is 34.8 Å².